The van der Waals surface area contributed by atoms with Crippen LogP contribution in [0.5, 0.6) is 5.88 Å². The molecule has 0 bridgehead atoms. The molecule has 1 aliphatic carbocycles. The number of nitrogens with one attached hydrogen (secondary N) is 1. The van der Waals surface area contributed by atoms with Gasteiger partial charge < -0.3 is 15.2 Å². The zero-order valence-corrected chi connectivity index (χ0v) is 9.97. The number of carboxylic acids is 1. The number of ether oxygens (including phenoxy) is 1. The lowest BCUT2D eigenvalue weighted by Crippen LogP contribution is -2.36. The molecule has 0 saturated heterocycles. The highest BCUT2D eigenvalue weighted by molar-refractivity contribution is 6.04. The summed E-state index contributed by atoms with van der Waals surface area (Å²) in [6, 6.07) is 3.46. The molecule has 1 fully saturated rings. The molecular weight excluding hydrogens is 236 g/mol. The number of nitrogens with zero attached hydrogens (tertiary/aromatic N) is 1. The van der Waals surface area contributed by atoms with Gasteiger partial charge in [0.2, 0.25) is 11.8 Å². The average molecular weight is 250 g/mol. The fourth-order valence-electron chi connectivity index (χ4n) is 1.65. The van der Waals surface area contributed by atoms with Gasteiger partial charge in [-0.05, 0) is 18.4 Å². The van der Waals surface area contributed by atoms with Gasteiger partial charge in [0.15, 0.2) is 0 Å². The van der Waals surface area contributed by atoms with Gasteiger partial charge in [-0.1, -0.05) is 6.07 Å². The standard InChI is InChI=1S/C12H14N2O4/c1-18-9-3-2-8(6-13-9)7-14-10(15)12(4-5-12)11(16)17/h2-3,6H,4-5,7H2,1H3,(H,14,15)(H,16,17). The zero-order chi connectivity index (χ0) is 13.2. The first-order valence-electron chi connectivity index (χ1n) is 5.59. The summed E-state index contributed by atoms with van der Waals surface area (Å²) in [5.74, 6) is -0.979. The lowest BCUT2D eigenvalue weighted by molar-refractivity contribution is -0.149. The minimum absolute atomic E-state index is 0.269. The second-order valence-electron chi connectivity index (χ2n) is 4.28. The molecular formula is C12H14N2O4. The van der Waals surface area contributed by atoms with Crippen LogP contribution in [0.4, 0.5) is 0 Å². The maximum atomic E-state index is 11.7. The number of hydrogen-bond donors (Lipinski definition) is 2. The SMILES string of the molecule is COc1ccc(CNC(=O)C2(C(=O)O)CC2)cn1. The first-order chi connectivity index (χ1) is 8.58. The van der Waals surface area contributed by atoms with E-state index in [1.165, 1.54) is 7.11 Å². The lowest BCUT2D eigenvalue weighted by Gasteiger charge is -2.10. The second-order valence-corrected chi connectivity index (χ2v) is 4.28. The quantitative estimate of drug-likeness (QED) is 0.746. The van der Waals surface area contributed by atoms with Crippen molar-refractivity contribution in [3.8, 4) is 5.88 Å². The number of hydrogen-bond acceptors (Lipinski definition) is 4. The van der Waals surface area contributed by atoms with E-state index in [0.717, 1.165) is 5.56 Å². The van der Waals surface area contributed by atoms with E-state index in [0.29, 0.717) is 18.7 Å². The maximum absolute atomic E-state index is 11.7. The molecule has 6 nitrogen and oxygen atoms in total. The summed E-state index contributed by atoms with van der Waals surface area (Å²) in [6.45, 7) is 0.269. The number of carboxylic acid groups (broad SMARTS) is 1. The van der Waals surface area contributed by atoms with Crippen LogP contribution in [0, 0.1) is 5.41 Å². The second kappa shape index (κ2) is 4.64. The number of carbonyl (C=O) groups is 2. The number of carbonyl (C=O) groups excluding carboxylic acids is 1. The lowest BCUT2D eigenvalue weighted by atomic mass is 10.1. The molecule has 0 aliphatic heterocycles. The number of methoxy groups -OCH3 is 1. The van der Waals surface area contributed by atoms with Crippen LogP contribution in [0.15, 0.2) is 18.3 Å². The number of aliphatic carboxylic acids is 1. The Hall–Kier alpha value is -2.11. The van der Waals surface area contributed by atoms with E-state index in [2.05, 4.69) is 10.3 Å². The molecule has 6 heteroatoms. The van der Waals surface area contributed by atoms with Crippen LogP contribution in [-0.4, -0.2) is 29.1 Å². The van der Waals surface area contributed by atoms with Crippen LogP contribution in [0.2, 0.25) is 0 Å². The Balaban J connectivity index is 1.91. The van der Waals surface area contributed by atoms with E-state index in [4.69, 9.17) is 9.84 Å². The van der Waals surface area contributed by atoms with Crippen molar-refractivity contribution < 1.29 is 19.4 Å². The predicted molar refractivity (Wildman–Crippen MR) is 61.9 cm³/mol. The fourth-order valence-corrected chi connectivity index (χ4v) is 1.65. The van der Waals surface area contributed by atoms with E-state index >= 15 is 0 Å². The molecule has 1 aromatic rings. The topological polar surface area (TPSA) is 88.5 Å². The van der Waals surface area contributed by atoms with Crippen molar-refractivity contribution in [3.63, 3.8) is 0 Å². The third kappa shape index (κ3) is 2.27. The largest absolute Gasteiger partial charge is 0.481 e. The van der Waals surface area contributed by atoms with Crippen LogP contribution in [-0.2, 0) is 16.1 Å². The van der Waals surface area contributed by atoms with Crippen LogP contribution < -0.4 is 10.1 Å². The number of rotatable bonds is 5. The number of aromatic nitrogens is 1. The Kier molecular flexibility index (Phi) is 3.18. The molecule has 0 spiro atoms. The van der Waals surface area contributed by atoms with Gasteiger partial charge in [0.25, 0.3) is 0 Å². The average Bonchev–Trinajstić information content (AvgIpc) is 3.18. The van der Waals surface area contributed by atoms with Crippen molar-refractivity contribution in [2.75, 3.05) is 7.11 Å². The summed E-state index contributed by atoms with van der Waals surface area (Å²) in [5.41, 5.74) is -0.398. The van der Waals surface area contributed by atoms with Crippen LogP contribution in [0.1, 0.15) is 18.4 Å². The van der Waals surface area contributed by atoms with Gasteiger partial charge in [0, 0.05) is 18.8 Å². The Bertz CT molecular complexity index is 465. The Morgan fingerprint density at radius 1 is 1.50 bits per heavy atom. The van der Waals surface area contributed by atoms with Crippen molar-refractivity contribution in [3.05, 3.63) is 23.9 Å². The maximum Gasteiger partial charge on any atom is 0.319 e. The number of pyridine rings is 1. The molecule has 1 aliphatic rings. The summed E-state index contributed by atoms with van der Waals surface area (Å²) in [7, 11) is 1.52. The zero-order valence-electron chi connectivity index (χ0n) is 9.97. The fraction of sp³-hybridized carbons (Fsp3) is 0.417. The van der Waals surface area contributed by atoms with Crippen LogP contribution in [0.25, 0.3) is 0 Å². The third-order valence-electron chi connectivity index (χ3n) is 3.05. The van der Waals surface area contributed by atoms with Crippen molar-refractivity contribution in [1.82, 2.24) is 10.3 Å². The van der Waals surface area contributed by atoms with Crippen molar-refractivity contribution in [1.29, 1.82) is 0 Å². The first kappa shape index (κ1) is 12.3. The van der Waals surface area contributed by atoms with E-state index in [1.807, 2.05) is 0 Å². The third-order valence-corrected chi connectivity index (χ3v) is 3.05. The Labute approximate surface area is 104 Å². The van der Waals surface area contributed by atoms with Crippen molar-refractivity contribution >= 4 is 11.9 Å². The molecule has 2 rings (SSSR count). The van der Waals surface area contributed by atoms with Gasteiger partial charge in [-0.15, -0.1) is 0 Å². The molecule has 0 unspecified atom stereocenters. The van der Waals surface area contributed by atoms with Gasteiger partial charge in [-0.25, -0.2) is 4.98 Å². The smallest absolute Gasteiger partial charge is 0.319 e. The molecule has 2 N–H and O–H groups in total. The minimum atomic E-state index is -1.19. The van der Waals surface area contributed by atoms with E-state index in [1.54, 1.807) is 18.3 Å². The highest BCUT2D eigenvalue weighted by atomic mass is 16.5. The van der Waals surface area contributed by atoms with Gasteiger partial charge in [-0.2, -0.15) is 0 Å². The Morgan fingerprint density at radius 3 is 2.67 bits per heavy atom. The summed E-state index contributed by atoms with van der Waals surface area (Å²) < 4.78 is 4.91. The van der Waals surface area contributed by atoms with Gasteiger partial charge in [-0.3, -0.25) is 9.59 Å². The normalized spacial score (nSPS) is 15.8. The predicted octanol–water partition coefficient (Wildman–Crippen LogP) is 0.571. The van der Waals surface area contributed by atoms with E-state index < -0.39 is 17.3 Å². The molecule has 0 aromatic carbocycles. The molecule has 96 valence electrons. The van der Waals surface area contributed by atoms with Gasteiger partial charge in [0.1, 0.15) is 5.41 Å². The van der Waals surface area contributed by atoms with Crippen LogP contribution in [0.3, 0.4) is 0 Å². The van der Waals surface area contributed by atoms with E-state index in [-0.39, 0.29) is 6.54 Å². The molecule has 18 heavy (non-hydrogen) atoms. The van der Waals surface area contributed by atoms with Gasteiger partial charge in [0.05, 0.1) is 7.11 Å². The molecule has 1 aromatic heterocycles. The molecule has 0 atom stereocenters. The number of amides is 1. The van der Waals surface area contributed by atoms with Crippen molar-refractivity contribution in [2.24, 2.45) is 5.41 Å². The summed E-state index contributed by atoms with van der Waals surface area (Å²) in [5, 5.41) is 11.6. The highest BCUT2D eigenvalue weighted by Crippen LogP contribution is 2.46. The molecule has 1 amide bonds. The summed E-state index contributed by atoms with van der Waals surface area (Å²) in [4.78, 5) is 26.7. The highest BCUT2D eigenvalue weighted by Gasteiger charge is 2.56. The summed E-state index contributed by atoms with van der Waals surface area (Å²) in [6.07, 6.45) is 2.41. The van der Waals surface area contributed by atoms with Crippen molar-refractivity contribution in [2.45, 2.75) is 19.4 Å². The minimum Gasteiger partial charge on any atom is -0.481 e. The molecule has 1 heterocycles. The van der Waals surface area contributed by atoms with Gasteiger partial charge >= 0.3 is 5.97 Å². The van der Waals surface area contributed by atoms with Crippen LogP contribution >= 0.6 is 0 Å². The molecule has 1 saturated carbocycles. The first-order valence-corrected chi connectivity index (χ1v) is 5.59. The Morgan fingerprint density at radius 2 is 2.22 bits per heavy atom. The summed E-state index contributed by atoms with van der Waals surface area (Å²) >= 11 is 0. The molecule has 0 radical (unpaired) electrons. The monoisotopic (exact) mass is 250 g/mol. The van der Waals surface area contributed by atoms with E-state index in [9.17, 15) is 9.59 Å².